The third kappa shape index (κ3) is 3.35. The average molecular weight is 266 g/mol. The molecule has 2 rings (SSSR count). The van der Waals surface area contributed by atoms with Crippen LogP contribution in [-0.4, -0.2) is 37.4 Å². The molecule has 2 N–H and O–H groups in total. The van der Waals surface area contributed by atoms with Crippen LogP contribution in [0.1, 0.15) is 23.7 Å². The Labute approximate surface area is 111 Å². The molecule has 0 aliphatic carbocycles. The van der Waals surface area contributed by atoms with Crippen LogP contribution in [0.5, 0.6) is 5.88 Å². The topological polar surface area (TPSA) is 83.7 Å². The molecule has 0 spiro atoms. The minimum atomic E-state index is -0.462. The Bertz CT molecular complexity index is 444. The van der Waals surface area contributed by atoms with Gasteiger partial charge >= 0.3 is 5.97 Å². The van der Waals surface area contributed by atoms with E-state index in [1.54, 1.807) is 6.92 Å². The maximum Gasteiger partial charge on any atom is 0.340 e. The molecule has 0 aromatic carbocycles. The Morgan fingerprint density at radius 3 is 3.16 bits per heavy atom. The van der Waals surface area contributed by atoms with Crippen molar-refractivity contribution in [1.29, 1.82) is 0 Å². The minimum absolute atomic E-state index is 0.222. The normalized spacial score (nSPS) is 18.3. The van der Waals surface area contributed by atoms with Gasteiger partial charge in [0.15, 0.2) is 0 Å². The van der Waals surface area contributed by atoms with Crippen LogP contribution in [0.15, 0.2) is 12.3 Å². The zero-order valence-corrected chi connectivity index (χ0v) is 10.9. The second-order valence-corrected chi connectivity index (χ2v) is 4.34. The van der Waals surface area contributed by atoms with E-state index < -0.39 is 5.97 Å². The van der Waals surface area contributed by atoms with Gasteiger partial charge in [0.25, 0.3) is 0 Å². The van der Waals surface area contributed by atoms with Crippen LogP contribution >= 0.6 is 0 Å². The van der Waals surface area contributed by atoms with Gasteiger partial charge < -0.3 is 19.9 Å². The molecule has 1 fully saturated rings. The standard InChI is InChI=1S/C13H18N2O4/c1-2-18-13(16)10-3-5-15-12(11(10)14)19-8-9-4-6-17-7-9/h3,5,9H,2,4,6-8,14H2,1H3. The Kier molecular flexibility index (Phi) is 4.57. The molecule has 1 saturated heterocycles. The molecule has 1 aromatic heterocycles. The van der Waals surface area contributed by atoms with E-state index in [2.05, 4.69) is 4.98 Å². The number of pyridine rings is 1. The fourth-order valence-electron chi connectivity index (χ4n) is 1.87. The molecule has 1 aliphatic heterocycles. The lowest BCUT2D eigenvalue weighted by atomic mass is 10.1. The van der Waals surface area contributed by atoms with Crippen molar-refractivity contribution in [3.63, 3.8) is 0 Å². The molecule has 19 heavy (non-hydrogen) atoms. The van der Waals surface area contributed by atoms with Crippen LogP contribution in [0.3, 0.4) is 0 Å². The summed E-state index contributed by atoms with van der Waals surface area (Å²) in [6.45, 7) is 3.99. The molecule has 1 unspecified atom stereocenters. The van der Waals surface area contributed by atoms with Crippen molar-refractivity contribution in [2.24, 2.45) is 5.92 Å². The van der Waals surface area contributed by atoms with E-state index >= 15 is 0 Å². The highest BCUT2D eigenvalue weighted by Gasteiger charge is 2.19. The second-order valence-electron chi connectivity index (χ2n) is 4.34. The van der Waals surface area contributed by atoms with Gasteiger partial charge in [-0.2, -0.15) is 0 Å². The summed E-state index contributed by atoms with van der Waals surface area (Å²) in [5.41, 5.74) is 6.39. The summed E-state index contributed by atoms with van der Waals surface area (Å²) >= 11 is 0. The highest BCUT2D eigenvalue weighted by atomic mass is 16.5. The van der Waals surface area contributed by atoms with Gasteiger partial charge in [0.2, 0.25) is 5.88 Å². The van der Waals surface area contributed by atoms with Crippen molar-refractivity contribution in [1.82, 2.24) is 4.98 Å². The predicted molar refractivity (Wildman–Crippen MR) is 69.0 cm³/mol. The average Bonchev–Trinajstić information content (AvgIpc) is 2.91. The van der Waals surface area contributed by atoms with Crippen molar-refractivity contribution >= 4 is 11.7 Å². The van der Waals surface area contributed by atoms with Crippen LogP contribution < -0.4 is 10.5 Å². The molecular formula is C13H18N2O4. The number of hydrogen-bond acceptors (Lipinski definition) is 6. The third-order valence-corrected chi connectivity index (χ3v) is 2.93. The van der Waals surface area contributed by atoms with Crippen molar-refractivity contribution in [3.8, 4) is 5.88 Å². The van der Waals surface area contributed by atoms with E-state index in [4.69, 9.17) is 19.9 Å². The van der Waals surface area contributed by atoms with E-state index in [0.717, 1.165) is 13.0 Å². The number of esters is 1. The van der Waals surface area contributed by atoms with E-state index in [1.807, 2.05) is 0 Å². The van der Waals surface area contributed by atoms with E-state index in [1.165, 1.54) is 12.3 Å². The fraction of sp³-hybridized carbons (Fsp3) is 0.538. The lowest BCUT2D eigenvalue weighted by molar-refractivity contribution is 0.0527. The largest absolute Gasteiger partial charge is 0.476 e. The van der Waals surface area contributed by atoms with Gasteiger partial charge in [-0.05, 0) is 19.4 Å². The summed E-state index contributed by atoms with van der Waals surface area (Å²) in [5.74, 6) is 0.168. The molecule has 6 heteroatoms. The first kappa shape index (κ1) is 13.6. The molecule has 1 atom stereocenters. The smallest absolute Gasteiger partial charge is 0.340 e. The molecule has 1 aromatic rings. The first-order valence-corrected chi connectivity index (χ1v) is 6.34. The van der Waals surface area contributed by atoms with Gasteiger partial charge in [0.05, 0.1) is 25.4 Å². The SMILES string of the molecule is CCOC(=O)c1ccnc(OCC2CCOC2)c1N. The number of carbonyl (C=O) groups excluding carboxylic acids is 1. The molecule has 2 heterocycles. The highest BCUT2D eigenvalue weighted by Crippen LogP contribution is 2.24. The molecular weight excluding hydrogens is 248 g/mol. The summed E-state index contributed by atoms with van der Waals surface area (Å²) in [6, 6.07) is 1.53. The van der Waals surface area contributed by atoms with Gasteiger partial charge in [-0.1, -0.05) is 0 Å². The second kappa shape index (κ2) is 6.38. The summed E-state index contributed by atoms with van der Waals surface area (Å²) in [7, 11) is 0. The minimum Gasteiger partial charge on any atom is -0.476 e. The summed E-state index contributed by atoms with van der Waals surface area (Å²) in [5, 5.41) is 0. The van der Waals surface area contributed by atoms with E-state index in [9.17, 15) is 4.79 Å². The maximum absolute atomic E-state index is 11.7. The quantitative estimate of drug-likeness (QED) is 0.808. The summed E-state index contributed by atoms with van der Waals surface area (Å²) in [6.07, 6.45) is 2.46. The van der Waals surface area contributed by atoms with Gasteiger partial charge in [-0.15, -0.1) is 0 Å². The van der Waals surface area contributed by atoms with Crippen LogP contribution in [0.25, 0.3) is 0 Å². The van der Waals surface area contributed by atoms with Crippen molar-refractivity contribution in [2.75, 3.05) is 32.2 Å². The van der Waals surface area contributed by atoms with Gasteiger partial charge in [0, 0.05) is 18.7 Å². The van der Waals surface area contributed by atoms with E-state index in [-0.39, 0.29) is 17.1 Å². The van der Waals surface area contributed by atoms with Gasteiger partial charge in [0.1, 0.15) is 5.69 Å². The van der Waals surface area contributed by atoms with Crippen LogP contribution in [0.2, 0.25) is 0 Å². The number of aromatic nitrogens is 1. The maximum atomic E-state index is 11.7. The molecule has 1 aliphatic rings. The third-order valence-electron chi connectivity index (χ3n) is 2.93. The van der Waals surface area contributed by atoms with Crippen LogP contribution in [0, 0.1) is 5.92 Å². The number of carbonyl (C=O) groups is 1. The van der Waals surface area contributed by atoms with Gasteiger partial charge in [-0.3, -0.25) is 0 Å². The zero-order chi connectivity index (χ0) is 13.7. The molecule has 104 valence electrons. The molecule has 0 amide bonds. The Morgan fingerprint density at radius 1 is 1.63 bits per heavy atom. The zero-order valence-electron chi connectivity index (χ0n) is 10.9. The van der Waals surface area contributed by atoms with Crippen molar-refractivity contribution < 1.29 is 19.0 Å². The lowest BCUT2D eigenvalue weighted by Gasteiger charge is -2.12. The molecule has 0 saturated carbocycles. The fourth-order valence-corrected chi connectivity index (χ4v) is 1.87. The number of hydrogen-bond donors (Lipinski definition) is 1. The number of nitrogen functional groups attached to an aromatic ring is 1. The highest BCUT2D eigenvalue weighted by molar-refractivity contribution is 5.96. The first-order chi connectivity index (χ1) is 9.22. The molecule has 0 bridgehead atoms. The van der Waals surface area contributed by atoms with Crippen molar-refractivity contribution in [3.05, 3.63) is 17.8 Å². The molecule has 6 nitrogen and oxygen atoms in total. The lowest BCUT2D eigenvalue weighted by Crippen LogP contribution is -2.15. The van der Waals surface area contributed by atoms with Gasteiger partial charge in [-0.25, -0.2) is 9.78 Å². The summed E-state index contributed by atoms with van der Waals surface area (Å²) < 4.78 is 15.7. The van der Waals surface area contributed by atoms with Crippen LogP contribution in [0.4, 0.5) is 5.69 Å². The Morgan fingerprint density at radius 2 is 2.47 bits per heavy atom. The monoisotopic (exact) mass is 266 g/mol. The Hall–Kier alpha value is -1.82. The predicted octanol–water partition coefficient (Wildman–Crippen LogP) is 1.26. The number of ether oxygens (including phenoxy) is 3. The van der Waals surface area contributed by atoms with Crippen molar-refractivity contribution in [2.45, 2.75) is 13.3 Å². The van der Waals surface area contributed by atoms with E-state index in [0.29, 0.717) is 25.7 Å². The first-order valence-electron chi connectivity index (χ1n) is 6.34. The molecule has 0 radical (unpaired) electrons. The number of nitrogens with zero attached hydrogens (tertiary/aromatic N) is 1. The number of rotatable bonds is 5. The van der Waals surface area contributed by atoms with Crippen LogP contribution in [-0.2, 0) is 9.47 Å². The number of anilines is 1. The summed E-state index contributed by atoms with van der Waals surface area (Å²) in [4.78, 5) is 15.7. The number of nitrogens with two attached hydrogens (primary N) is 1. The Balaban J connectivity index is 2.03.